The minimum atomic E-state index is 0.340. The van der Waals surface area contributed by atoms with Gasteiger partial charge in [0.1, 0.15) is 15.4 Å². The standard InChI is InChI=1S/C15H17N3OS2/c1-3-18-11(6-8-20-2)13(19)12-15(18)21-14(17-12)10-5-4-7-16-9-10/h4-5,7,9,19H,3,6,8H2,1-2H3. The Morgan fingerprint density at radius 2 is 2.29 bits per heavy atom. The summed E-state index contributed by atoms with van der Waals surface area (Å²) in [5.41, 5.74) is 2.71. The summed E-state index contributed by atoms with van der Waals surface area (Å²) in [4.78, 5) is 9.80. The number of nitrogens with zero attached hydrogens (tertiary/aromatic N) is 3. The van der Waals surface area contributed by atoms with E-state index in [4.69, 9.17) is 0 Å². The maximum atomic E-state index is 10.5. The summed E-state index contributed by atoms with van der Waals surface area (Å²) in [5, 5.41) is 11.4. The number of aromatic nitrogens is 3. The van der Waals surface area contributed by atoms with E-state index < -0.39 is 0 Å². The van der Waals surface area contributed by atoms with E-state index in [0.717, 1.165) is 45.3 Å². The van der Waals surface area contributed by atoms with Crippen LogP contribution in [0, 0.1) is 0 Å². The van der Waals surface area contributed by atoms with Gasteiger partial charge in [-0.2, -0.15) is 11.8 Å². The molecule has 0 amide bonds. The first-order chi connectivity index (χ1) is 10.3. The van der Waals surface area contributed by atoms with Crippen LogP contribution in [0.1, 0.15) is 12.6 Å². The maximum Gasteiger partial charge on any atom is 0.164 e. The van der Waals surface area contributed by atoms with Crippen molar-refractivity contribution in [2.45, 2.75) is 19.9 Å². The highest BCUT2D eigenvalue weighted by Crippen LogP contribution is 2.39. The highest BCUT2D eigenvalue weighted by molar-refractivity contribution is 7.98. The van der Waals surface area contributed by atoms with Crippen molar-refractivity contribution in [1.29, 1.82) is 0 Å². The van der Waals surface area contributed by atoms with Crippen LogP contribution in [0.25, 0.3) is 20.9 Å². The fraction of sp³-hybridized carbons (Fsp3) is 0.333. The molecular weight excluding hydrogens is 302 g/mol. The Balaban J connectivity index is 2.11. The molecule has 0 bridgehead atoms. The summed E-state index contributed by atoms with van der Waals surface area (Å²) in [6.07, 6.45) is 6.50. The van der Waals surface area contributed by atoms with E-state index in [9.17, 15) is 5.11 Å². The molecule has 0 aliphatic carbocycles. The molecule has 0 unspecified atom stereocenters. The van der Waals surface area contributed by atoms with Gasteiger partial charge < -0.3 is 9.67 Å². The number of thiazole rings is 1. The van der Waals surface area contributed by atoms with E-state index in [1.807, 2.05) is 12.1 Å². The molecule has 110 valence electrons. The molecule has 0 spiro atoms. The molecule has 6 heteroatoms. The van der Waals surface area contributed by atoms with Crippen molar-refractivity contribution in [2.24, 2.45) is 0 Å². The van der Waals surface area contributed by atoms with Crippen LogP contribution in [0.15, 0.2) is 24.5 Å². The Hall–Kier alpha value is -1.53. The molecule has 1 N–H and O–H groups in total. The Kier molecular flexibility index (Phi) is 4.17. The van der Waals surface area contributed by atoms with Crippen LogP contribution < -0.4 is 0 Å². The van der Waals surface area contributed by atoms with Gasteiger partial charge in [-0.25, -0.2) is 4.98 Å². The van der Waals surface area contributed by atoms with Gasteiger partial charge in [0.05, 0.1) is 5.69 Å². The van der Waals surface area contributed by atoms with Crippen LogP contribution in [0.3, 0.4) is 0 Å². The topological polar surface area (TPSA) is 50.9 Å². The Bertz CT molecular complexity index is 749. The Labute approximate surface area is 131 Å². The number of thioether (sulfide) groups is 1. The van der Waals surface area contributed by atoms with Gasteiger partial charge in [-0.15, -0.1) is 0 Å². The molecular formula is C15H17N3OS2. The van der Waals surface area contributed by atoms with E-state index >= 15 is 0 Å². The predicted molar refractivity (Wildman–Crippen MR) is 90.3 cm³/mol. The molecule has 0 fully saturated rings. The van der Waals surface area contributed by atoms with E-state index in [0.29, 0.717) is 5.75 Å². The van der Waals surface area contributed by atoms with Crippen molar-refractivity contribution < 1.29 is 5.11 Å². The van der Waals surface area contributed by atoms with Crippen molar-refractivity contribution in [3.05, 3.63) is 30.2 Å². The van der Waals surface area contributed by atoms with Gasteiger partial charge in [-0.1, -0.05) is 11.3 Å². The number of pyridine rings is 1. The molecule has 0 aliphatic heterocycles. The summed E-state index contributed by atoms with van der Waals surface area (Å²) < 4.78 is 2.18. The fourth-order valence-corrected chi connectivity index (χ4v) is 3.98. The molecule has 3 aromatic heterocycles. The lowest BCUT2D eigenvalue weighted by molar-refractivity contribution is 0.469. The molecule has 0 aliphatic rings. The first-order valence-corrected chi connectivity index (χ1v) is 9.07. The highest BCUT2D eigenvalue weighted by atomic mass is 32.2. The summed E-state index contributed by atoms with van der Waals surface area (Å²) >= 11 is 3.40. The second-order valence-electron chi connectivity index (χ2n) is 4.70. The molecule has 3 heterocycles. The normalized spacial score (nSPS) is 11.3. The van der Waals surface area contributed by atoms with E-state index in [1.54, 1.807) is 35.5 Å². The summed E-state index contributed by atoms with van der Waals surface area (Å²) in [6, 6.07) is 3.89. The van der Waals surface area contributed by atoms with Crippen molar-refractivity contribution in [3.63, 3.8) is 0 Å². The lowest BCUT2D eigenvalue weighted by atomic mass is 10.3. The number of aryl methyl sites for hydroxylation is 1. The molecule has 0 atom stereocenters. The minimum Gasteiger partial charge on any atom is -0.504 e. The third kappa shape index (κ3) is 2.53. The van der Waals surface area contributed by atoms with Crippen LogP contribution in [-0.2, 0) is 13.0 Å². The highest BCUT2D eigenvalue weighted by Gasteiger charge is 2.20. The average molecular weight is 319 g/mol. The zero-order chi connectivity index (χ0) is 14.8. The second kappa shape index (κ2) is 6.07. The van der Waals surface area contributed by atoms with Crippen molar-refractivity contribution in [3.8, 4) is 16.3 Å². The number of hydrogen-bond donors (Lipinski definition) is 1. The van der Waals surface area contributed by atoms with Gasteiger partial charge >= 0.3 is 0 Å². The molecule has 21 heavy (non-hydrogen) atoms. The Morgan fingerprint density at radius 1 is 1.43 bits per heavy atom. The summed E-state index contributed by atoms with van der Waals surface area (Å²) in [7, 11) is 0. The van der Waals surface area contributed by atoms with Crippen molar-refractivity contribution in [1.82, 2.24) is 14.5 Å². The predicted octanol–water partition coefficient (Wildman–Crippen LogP) is 3.79. The van der Waals surface area contributed by atoms with Crippen LogP contribution in [0.4, 0.5) is 0 Å². The Morgan fingerprint density at radius 3 is 2.95 bits per heavy atom. The van der Waals surface area contributed by atoms with Gasteiger partial charge in [0, 0.05) is 30.9 Å². The molecule has 0 saturated carbocycles. The molecule has 3 aromatic rings. The average Bonchev–Trinajstić information content (AvgIpc) is 3.05. The van der Waals surface area contributed by atoms with Crippen LogP contribution >= 0.6 is 23.1 Å². The SMILES string of the molecule is CCn1c(CCSC)c(O)c2nc(-c3cccnc3)sc21. The molecule has 4 nitrogen and oxygen atoms in total. The van der Waals surface area contributed by atoms with Gasteiger partial charge in [-0.3, -0.25) is 4.98 Å². The van der Waals surface area contributed by atoms with E-state index in [-0.39, 0.29) is 0 Å². The summed E-state index contributed by atoms with van der Waals surface area (Å²) in [6.45, 7) is 2.94. The van der Waals surface area contributed by atoms with Crippen molar-refractivity contribution >= 4 is 33.4 Å². The monoisotopic (exact) mass is 319 g/mol. The third-order valence-electron chi connectivity index (χ3n) is 3.45. The zero-order valence-corrected chi connectivity index (χ0v) is 13.7. The quantitative estimate of drug-likeness (QED) is 0.777. The smallest absolute Gasteiger partial charge is 0.164 e. The molecule has 0 saturated heterocycles. The van der Waals surface area contributed by atoms with Crippen LogP contribution in [-0.4, -0.2) is 31.7 Å². The minimum absolute atomic E-state index is 0.340. The van der Waals surface area contributed by atoms with E-state index in [1.165, 1.54) is 0 Å². The lowest BCUT2D eigenvalue weighted by Gasteiger charge is -2.06. The first-order valence-electron chi connectivity index (χ1n) is 6.86. The van der Waals surface area contributed by atoms with Crippen LogP contribution in [0.5, 0.6) is 5.75 Å². The van der Waals surface area contributed by atoms with Crippen molar-refractivity contribution in [2.75, 3.05) is 12.0 Å². The largest absolute Gasteiger partial charge is 0.504 e. The summed E-state index contributed by atoms with van der Waals surface area (Å²) in [5.74, 6) is 1.34. The number of hydrogen-bond acceptors (Lipinski definition) is 5. The molecule has 3 rings (SSSR count). The number of fused-ring (bicyclic) bond motifs is 1. The lowest BCUT2D eigenvalue weighted by Crippen LogP contribution is -2.01. The second-order valence-corrected chi connectivity index (χ2v) is 6.66. The molecule has 0 radical (unpaired) electrons. The van der Waals surface area contributed by atoms with Gasteiger partial charge in [0.25, 0.3) is 0 Å². The number of aromatic hydroxyl groups is 1. The third-order valence-corrected chi connectivity index (χ3v) is 5.19. The van der Waals surface area contributed by atoms with E-state index in [2.05, 4.69) is 27.7 Å². The first kappa shape index (κ1) is 14.4. The fourth-order valence-electron chi connectivity index (χ4n) is 2.44. The molecule has 0 aromatic carbocycles. The van der Waals surface area contributed by atoms with Crippen LogP contribution in [0.2, 0.25) is 0 Å². The number of rotatable bonds is 5. The van der Waals surface area contributed by atoms with Gasteiger partial charge in [0.2, 0.25) is 0 Å². The maximum absolute atomic E-state index is 10.5. The van der Waals surface area contributed by atoms with Gasteiger partial charge in [0.15, 0.2) is 5.75 Å². The zero-order valence-electron chi connectivity index (χ0n) is 12.0. The van der Waals surface area contributed by atoms with Gasteiger partial charge in [-0.05, 0) is 31.1 Å².